The van der Waals surface area contributed by atoms with Gasteiger partial charge in [-0.3, -0.25) is 4.98 Å². The van der Waals surface area contributed by atoms with E-state index in [0.29, 0.717) is 10.9 Å². The third-order valence-electron chi connectivity index (χ3n) is 7.31. The Hall–Kier alpha value is -2.39. The van der Waals surface area contributed by atoms with Crippen molar-refractivity contribution < 1.29 is 4.39 Å². The van der Waals surface area contributed by atoms with Crippen molar-refractivity contribution in [3.63, 3.8) is 0 Å². The zero-order valence-corrected chi connectivity index (χ0v) is 20.1. The van der Waals surface area contributed by atoms with Gasteiger partial charge in [0.15, 0.2) is 0 Å². The molecule has 0 radical (unpaired) electrons. The largest absolute Gasteiger partial charge is 0.378 e. The lowest BCUT2D eigenvalue weighted by Crippen LogP contribution is -2.12. The Balaban J connectivity index is 1.54. The highest BCUT2D eigenvalue weighted by atomic mass is 35.5. The lowest BCUT2D eigenvalue weighted by Gasteiger charge is -2.24. The molecule has 2 fully saturated rings. The highest BCUT2D eigenvalue weighted by Gasteiger charge is 2.29. The third kappa shape index (κ3) is 4.94. The summed E-state index contributed by atoms with van der Waals surface area (Å²) in [5.74, 6) is 1.12. The van der Waals surface area contributed by atoms with Gasteiger partial charge in [-0.2, -0.15) is 0 Å². The molecule has 0 saturated heterocycles. The first kappa shape index (κ1) is 22.4. The first-order chi connectivity index (χ1) is 16.0. The second-order valence-corrected chi connectivity index (χ2v) is 10.3. The quantitative estimate of drug-likeness (QED) is 0.379. The number of halogens is 2. The molecule has 33 heavy (non-hydrogen) atoms. The van der Waals surface area contributed by atoms with Gasteiger partial charge in [0.2, 0.25) is 0 Å². The minimum absolute atomic E-state index is 0.0218. The van der Waals surface area contributed by atoms with E-state index in [1.807, 2.05) is 12.1 Å². The van der Waals surface area contributed by atoms with E-state index < -0.39 is 0 Å². The maximum atomic E-state index is 13.7. The van der Waals surface area contributed by atoms with Gasteiger partial charge in [0.1, 0.15) is 5.82 Å². The molecule has 4 heteroatoms. The monoisotopic (exact) mass is 462 g/mol. The number of fused-ring (bicyclic) bond motifs is 1. The Morgan fingerprint density at radius 1 is 1.12 bits per heavy atom. The molecule has 2 aromatic carbocycles. The number of nitrogens with zero attached hydrogens (tertiary/aromatic N) is 1. The summed E-state index contributed by atoms with van der Waals surface area (Å²) in [5, 5.41) is 5.41. The van der Waals surface area contributed by atoms with Gasteiger partial charge in [-0.15, -0.1) is 0 Å². The summed E-state index contributed by atoms with van der Waals surface area (Å²) >= 11 is 6.56. The fourth-order valence-electron chi connectivity index (χ4n) is 5.40. The molecule has 0 aliphatic heterocycles. The summed E-state index contributed by atoms with van der Waals surface area (Å²) in [7, 11) is 0. The van der Waals surface area contributed by atoms with Crippen molar-refractivity contribution in [1.82, 2.24) is 4.98 Å². The number of hydrogen-bond donors (Lipinski definition) is 1. The number of pyridine rings is 1. The van der Waals surface area contributed by atoms with Gasteiger partial charge < -0.3 is 5.32 Å². The van der Waals surface area contributed by atoms with Crippen LogP contribution in [0, 0.1) is 11.7 Å². The predicted molar refractivity (Wildman–Crippen MR) is 138 cm³/mol. The van der Waals surface area contributed by atoms with Gasteiger partial charge in [-0.1, -0.05) is 56.4 Å². The predicted octanol–water partition coefficient (Wildman–Crippen LogP) is 8.84. The number of rotatable bonds is 7. The maximum absolute atomic E-state index is 13.7. The van der Waals surface area contributed by atoms with Crippen LogP contribution in [0.4, 0.5) is 10.1 Å². The van der Waals surface area contributed by atoms with Crippen molar-refractivity contribution in [3.8, 4) is 0 Å². The SMILES string of the molecule is C=Cc1cc(F)ccc1NC(C)c1cc(Cl)cc2nc(C3CC3)c(CC3CCCCC3)cc12. The first-order valence-electron chi connectivity index (χ1n) is 12.3. The summed E-state index contributed by atoms with van der Waals surface area (Å²) in [4.78, 5) is 5.18. The van der Waals surface area contributed by atoms with Gasteiger partial charge in [0.05, 0.1) is 5.52 Å². The Kier molecular flexibility index (Phi) is 6.42. The first-order valence-corrected chi connectivity index (χ1v) is 12.7. The lowest BCUT2D eigenvalue weighted by atomic mass is 9.83. The zero-order chi connectivity index (χ0) is 22.9. The van der Waals surface area contributed by atoms with Crippen molar-refractivity contribution in [3.05, 3.63) is 76.2 Å². The van der Waals surface area contributed by atoms with Crippen LogP contribution >= 0.6 is 11.6 Å². The Morgan fingerprint density at radius 3 is 2.64 bits per heavy atom. The normalized spacial score (nSPS) is 17.8. The molecule has 0 amide bonds. The second-order valence-electron chi connectivity index (χ2n) is 9.88. The van der Waals surface area contributed by atoms with Crippen LogP contribution in [0.2, 0.25) is 5.02 Å². The highest BCUT2D eigenvalue weighted by molar-refractivity contribution is 6.31. The van der Waals surface area contributed by atoms with E-state index in [1.54, 1.807) is 12.1 Å². The molecule has 2 saturated carbocycles. The van der Waals surface area contributed by atoms with Crippen molar-refractivity contribution in [2.24, 2.45) is 5.92 Å². The molecule has 172 valence electrons. The van der Waals surface area contributed by atoms with Crippen molar-refractivity contribution in [2.75, 3.05) is 5.32 Å². The van der Waals surface area contributed by atoms with E-state index >= 15 is 0 Å². The second kappa shape index (κ2) is 9.46. The number of aromatic nitrogens is 1. The average molecular weight is 463 g/mol. The van der Waals surface area contributed by atoms with E-state index in [1.165, 1.54) is 68.3 Å². The van der Waals surface area contributed by atoms with Crippen LogP contribution < -0.4 is 5.32 Å². The molecule has 1 unspecified atom stereocenters. The fourth-order valence-corrected chi connectivity index (χ4v) is 5.62. The topological polar surface area (TPSA) is 24.9 Å². The van der Waals surface area contributed by atoms with E-state index in [-0.39, 0.29) is 11.9 Å². The molecular weight excluding hydrogens is 431 g/mol. The van der Waals surface area contributed by atoms with E-state index in [2.05, 4.69) is 24.9 Å². The van der Waals surface area contributed by atoms with Crippen LogP contribution in [-0.2, 0) is 6.42 Å². The standard InChI is InChI=1S/C29H32ClFN2/c1-3-20-14-24(31)11-12-27(20)32-18(2)25-16-23(30)17-28-26(25)15-22(29(33-28)21-9-10-21)13-19-7-5-4-6-8-19/h3,11-12,14-19,21,32H,1,4-10,13H2,2H3. The molecule has 2 aliphatic rings. The third-order valence-corrected chi connectivity index (χ3v) is 7.53. The van der Waals surface area contributed by atoms with E-state index in [4.69, 9.17) is 16.6 Å². The summed E-state index contributed by atoms with van der Waals surface area (Å²) in [6.45, 7) is 5.96. The summed E-state index contributed by atoms with van der Waals surface area (Å²) < 4.78 is 13.7. The molecule has 0 bridgehead atoms. The van der Waals surface area contributed by atoms with Crippen LogP contribution in [0.25, 0.3) is 17.0 Å². The molecule has 1 atom stereocenters. The fraction of sp³-hybridized carbons (Fsp3) is 0.414. The van der Waals surface area contributed by atoms with Gasteiger partial charge >= 0.3 is 0 Å². The number of anilines is 1. The van der Waals surface area contributed by atoms with E-state index in [9.17, 15) is 4.39 Å². The molecule has 2 aliphatic carbocycles. The molecular formula is C29H32ClFN2. The number of benzene rings is 2. The van der Waals surface area contributed by atoms with Crippen molar-refractivity contribution in [1.29, 1.82) is 0 Å². The molecule has 2 nitrogen and oxygen atoms in total. The molecule has 5 rings (SSSR count). The summed E-state index contributed by atoms with van der Waals surface area (Å²) in [6.07, 6.45) is 12.1. The number of hydrogen-bond acceptors (Lipinski definition) is 2. The minimum Gasteiger partial charge on any atom is -0.378 e. The van der Waals surface area contributed by atoms with Crippen molar-refractivity contribution in [2.45, 2.75) is 70.3 Å². The van der Waals surface area contributed by atoms with Crippen LogP contribution in [-0.4, -0.2) is 4.98 Å². The Labute approximate surface area is 201 Å². The summed E-state index contributed by atoms with van der Waals surface area (Å²) in [5.41, 5.74) is 6.44. The smallest absolute Gasteiger partial charge is 0.123 e. The zero-order valence-electron chi connectivity index (χ0n) is 19.3. The van der Waals surface area contributed by atoms with Crippen LogP contribution in [0.5, 0.6) is 0 Å². The number of nitrogens with one attached hydrogen (secondary N) is 1. The molecule has 1 aromatic heterocycles. The Bertz CT molecular complexity index is 1180. The van der Waals surface area contributed by atoms with Gasteiger partial charge in [0.25, 0.3) is 0 Å². The highest BCUT2D eigenvalue weighted by Crippen LogP contribution is 2.43. The molecule has 0 spiro atoms. The molecule has 1 heterocycles. The Morgan fingerprint density at radius 2 is 1.91 bits per heavy atom. The van der Waals surface area contributed by atoms with Crippen LogP contribution in [0.15, 0.2) is 43.0 Å². The van der Waals surface area contributed by atoms with E-state index in [0.717, 1.165) is 40.1 Å². The molecule has 3 aromatic rings. The van der Waals surface area contributed by atoms with Crippen molar-refractivity contribution >= 4 is 34.3 Å². The lowest BCUT2D eigenvalue weighted by molar-refractivity contribution is 0.356. The van der Waals surface area contributed by atoms with Gasteiger partial charge in [-0.25, -0.2) is 4.39 Å². The maximum Gasteiger partial charge on any atom is 0.123 e. The molecule has 1 N–H and O–H groups in total. The van der Waals surface area contributed by atoms with Crippen LogP contribution in [0.3, 0.4) is 0 Å². The summed E-state index contributed by atoms with van der Waals surface area (Å²) in [6, 6.07) is 11.2. The average Bonchev–Trinajstić information content (AvgIpc) is 3.65. The van der Waals surface area contributed by atoms with Gasteiger partial charge in [-0.05, 0) is 85.2 Å². The van der Waals surface area contributed by atoms with Crippen LogP contribution in [0.1, 0.15) is 86.2 Å². The van der Waals surface area contributed by atoms with Gasteiger partial charge in [0, 0.05) is 33.7 Å². The minimum atomic E-state index is -0.263.